The molecule has 1 aliphatic carbocycles. The van der Waals surface area contributed by atoms with Crippen LogP contribution in [0.4, 0.5) is 20.2 Å². The number of rotatable bonds is 8. The van der Waals surface area contributed by atoms with Crippen LogP contribution in [-0.2, 0) is 14.8 Å². The van der Waals surface area contributed by atoms with Crippen molar-refractivity contribution in [1.82, 2.24) is 5.43 Å². The van der Waals surface area contributed by atoms with Gasteiger partial charge < -0.3 is 5.32 Å². The topological polar surface area (TPSA) is 90.9 Å². The van der Waals surface area contributed by atoms with E-state index in [9.17, 15) is 22.0 Å². The first-order valence-electron chi connectivity index (χ1n) is 14.2. The fourth-order valence-corrected chi connectivity index (χ4v) is 7.28. The monoisotopic (exact) mass is 612 g/mol. The van der Waals surface area contributed by atoms with Gasteiger partial charge in [-0.3, -0.25) is 9.10 Å². The number of anilines is 2. The van der Waals surface area contributed by atoms with Gasteiger partial charge in [0.15, 0.2) is 0 Å². The van der Waals surface area contributed by atoms with Crippen LogP contribution in [0.2, 0.25) is 0 Å². The third kappa shape index (κ3) is 5.85. The molecule has 0 aromatic heterocycles. The number of sulfonamides is 1. The summed E-state index contributed by atoms with van der Waals surface area (Å²) in [5.41, 5.74) is 7.09. The van der Waals surface area contributed by atoms with Gasteiger partial charge in [0, 0.05) is 11.6 Å². The van der Waals surface area contributed by atoms with Crippen LogP contribution >= 0.6 is 0 Å². The minimum Gasteiger partial charge on any atom is -0.378 e. The zero-order chi connectivity index (χ0) is 30.8. The van der Waals surface area contributed by atoms with Crippen LogP contribution in [-0.4, -0.2) is 26.6 Å². The first-order chi connectivity index (χ1) is 21.2. The van der Waals surface area contributed by atoms with Gasteiger partial charge in [-0.1, -0.05) is 48.6 Å². The van der Waals surface area contributed by atoms with E-state index < -0.39 is 28.3 Å². The molecule has 1 heterocycles. The molecule has 0 saturated heterocycles. The quantitative estimate of drug-likeness (QED) is 0.135. The molecule has 0 bridgehead atoms. The molecule has 1 amide bonds. The number of benzene rings is 4. The third-order valence-corrected chi connectivity index (χ3v) is 9.88. The normalized spacial score (nSPS) is 19.1. The smallest absolute Gasteiger partial charge is 0.264 e. The number of hydrazone groups is 1. The highest BCUT2D eigenvalue weighted by Gasteiger charge is 2.38. The van der Waals surface area contributed by atoms with Gasteiger partial charge in [0.25, 0.3) is 15.9 Å². The lowest BCUT2D eigenvalue weighted by Crippen LogP contribution is -2.39. The Labute approximate surface area is 255 Å². The largest absolute Gasteiger partial charge is 0.378 e. The Balaban J connectivity index is 1.21. The molecule has 4 aromatic carbocycles. The van der Waals surface area contributed by atoms with Crippen LogP contribution in [0.25, 0.3) is 0 Å². The first-order valence-corrected chi connectivity index (χ1v) is 15.6. The molecule has 0 fully saturated rings. The fraction of sp³-hybridized carbons (Fsp3) is 0.176. The van der Waals surface area contributed by atoms with Gasteiger partial charge in [-0.25, -0.2) is 22.6 Å². The summed E-state index contributed by atoms with van der Waals surface area (Å²) in [7, 11) is -4.13. The van der Waals surface area contributed by atoms with Crippen LogP contribution in [0.15, 0.2) is 119 Å². The molecule has 44 heavy (non-hydrogen) atoms. The van der Waals surface area contributed by atoms with Gasteiger partial charge in [0.2, 0.25) is 0 Å². The van der Waals surface area contributed by atoms with Crippen LogP contribution in [0, 0.1) is 17.6 Å². The van der Waals surface area contributed by atoms with Crippen molar-refractivity contribution in [3.8, 4) is 0 Å². The average Bonchev–Trinajstić information content (AvgIpc) is 3.54. The van der Waals surface area contributed by atoms with E-state index in [1.165, 1.54) is 36.4 Å². The zero-order valence-electron chi connectivity index (χ0n) is 23.8. The maximum absolute atomic E-state index is 13.6. The molecule has 2 N–H and O–H groups in total. The summed E-state index contributed by atoms with van der Waals surface area (Å²) in [5, 5.41) is 7.91. The Hall–Kier alpha value is -4.83. The molecule has 3 atom stereocenters. The number of halogens is 2. The summed E-state index contributed by atoms with van der Waals surface area (Å²) in [6, 6.07) is 25.2. The van der Waals surface area contributed by atoms with Crippen molar-refractivity contribution in [1.29, 1.82) is 0 Å². The van der Waals surface area contributed by atoms with E-state index in [1.807, 2.05) is 30.3 Å². The van der Waals surface area contributed by atoms with Crippen LogP contribution in [0.3, 0.4) is 0 Å². The van der Waals surface area contributed by atoms with Gasteiger partial charge in [0.1, 0.15) is 18.2 Å². The number of carbonyl (C=O) groups excluding carboxylic acids is 1. The molecule has 224 valence electrons. The van der Waals surface area contributed by atoms with E-state index in [2.05, 4.69) is 28.0 Å². The number of hydrogen-bond donors (Lipinski definition) is 2. The summed E-state index contributed by atoms with van der Waals surface area (Å²) in [6.45, 7) is 1.20. The van der Waals surface area contributed by atoms with Gasteiger partial charge >= 0.3 is 0 Å². The Morgan fingerprint density at radius 1 is 0.955 bits per heavy atom. The molecule has 0 saturated carbocycles. The Morgan fingerprint density at radius 2 is 1.64 bits per heavy atom. The van der Waals surface area contributed by atoms with E-state index in [-0.39, 0.29) is 34.3 Å². The number of nitrogens with zero attached hydrogens (tertiary/aromatic N) is 2. The molecule has 4 aromatic rings. The lowest BCUT2D eigenvalue weighted by atomic mass is 9.76. The fourth-order valence-electron chi connectivity index (χ4n) is 5.84. The Bertz CT molecular complexity index is 1840. The third-order valence-electron chi connectivity index (χ3n) is 8.09. The van der Waals surface area contributed by atoms with Crippen LogP contribution in [0.1, 0.15) is 42.0 Å². The van der Waals surface area contributed by atoms with E-state index in [4.69, 9.17) is 0 Å². The SMILES string of the molecule is C/C(=N/NC(=O)CN(c1ccc(F)cc1)S(=O)(=O)c1ccccc1)c1ccc2c(c1)[C@@H]1C=CC[C@@H]1[C@H](c1ccc(F)cc1)N2. The van der Waals surface area contributed by atoms with E-state index in [0.29, 0.717) is 5.71 Å². The van der Waals surface area contributed by atoms with Gasteiger partial charge in [-0.15, -0.1) is 0 Å². The number of nitrogens with one attached hydrogen (secondary N) is 2. The summed E-state index contributed by atoms with van der Waals surface area (Å²) < 4.78 is 55.0. The molecule has 0 unspecified atom stereocenters. The molecule has 7 nitrogen and oxygen atoms in total. The average molecular weight is 613 g/mol. The highest BCUT2D eigenvalue weighted by atomic mass is 32.2. The number of hydrogen-bond acceptors (Lipinski definition) is 5. The minimum atomic E-state index is -4.13. The molecule has 2 aliphatic rings. The Kier molecular flexibility index (Phi) is 8.01. The second-order valence-electron chi connectivity index (χ2n) is 10.9. The van der Waals surface area contributed by atoms with Gasteiger partial charge in [0.05, 0.1) is 22.3 Å². The summed E-state index contributed by atoms with van der Waals surface area (Å²) in [6.07, 6.45) is 5.27. The molecular formula is C34H30F2N4O3S. The summed E-state index contributed by atoms with van der Waals surface area (Å²) >= 11 is 0. The molecule has 10 heteroatoms. The predicted molar refractivity (Wildman–Crippen MR) is 167 cm³/mol. The van der Waals surface area contributed by atoms with Crippen molar-refractivity contribution in [3.05, 3.63) is 138 Å². The Morgan fingerprint density at radius 3 is 2.34 bits per heavy atom. The molecule has 0 spiro atoms. The van der Waals surface area contributed by atoms with Crippen LogP contribution < -0.4 is 15.0 Å². The molecule has 6 rings (SSSR count). The molecular weight excluding hydrogens is 582 g/mol. The zero-order valence-corrected chi connectivity index (χ0v) is 24.6. The second-order valence-corrected chi connectivity index (χ2v) is 12.7. The van der Waals surface area contributed by atoms with Crippen molar-refractivity contribution < 1.29 is 22.0 Å². The van der Waals surface area contributed by atoms with Crippen molar-refractivity contribution in [2.45, 2.75) is 30.2 Å². The van der Waals surface area contributed by atoms with Crippen molar-refractivity contribution in [2.24, 2.45) is 11.0 Å². The maximum Gasteiger partial charge on any atom is 0.264 e. The van der Waals surface area contributed by atoms with Gasteiger partial charge in [-0.2, -0.15) is 5.10 Å². The molecule has 0 radical (unpaired) electrons. The highest BCUT2D eigenvalue weighted by molar-refractivity contribution is 7.92. The summed E-state index contributed by atoms with van der Waals surface area (Å²) in [5.74, 6) is -1.02. The first kappa shape index (κ1) is 29.3. The minimum absolute atomic E-state index is 0.000379. The molecule has 1 aliphatic heterocycles. The number of fused-ring (bicyclic) bond motifs is 3. The van der Waals surface area contributed by atoms with Crippen molar-refractivity contribution >= 4 is 33.0 Å². The van der Waals surface area contributed by atoms with Gasteiger partial charge in [-0.05, 0) is 96.6 Å². The number of carbonyl (C=O) groups is 1. The van der Waals surface area contributed by atoms with E-state index in [0.717, 1.165) is 45.2 Å². The standard InChI is InChI=1S/C34H30F2N4O3S/c1-22(24-12-19-32-31(20-24)29-8-5-9-30(29)34(37-32)23-10-13-25(35)14-11-23)38-39-33(41)21-40(27-17-15-26(36)16-18-27)44(42,43)28-6-3-2-4-7-28/h2-8,10-20,29-30,34,37H,9,21H2,1H3,(H,39,41)/b38-22-/t29-,30+,34+/m1/s1. The van der Waals surface area contributed by atoms with E-state index >= 15 is 0 Å². The number of allylic oxidation sites excluding steroid dienone is 2. The van der Waals surface area contributed by atoms with Crippen LogP contribution in [0.5, 0.6) is 0 Å². The van der Waals surface area contributed by atoms with Crippen molar-refractivity contribution in [3.63, 3.8) is 0 Å². The lowest BCUT2D eigenvalue weighted by Gasteiger charge is -2.37. The highest BCUT2D eigenvalue weighted by Crippen LogP contribution is 2.50. The summed E-state index contributed by atoms with van der Waals surface area (Å²) in [4.78, 5) is 13.0. The van der Waals surface area contributed by atoms with E-state index in [1.54, 1.807) is 25.1 Å². The van der Waals surface area contributed by atoms with Crippen molar-refractivity contribution in [2.75, 3.05) is 16.2 Å². The maximum atomic E-state index is 13.6. The predicted octanol–water partition coefficient (Wildman–Crippen LogP) is 6.53. The lowest BCUT2D eigenvalue weighted by molar-refractivity contribution is -0.119. The second kappa shape index (κ2) is 12.0. The number of amides is 1.